The number of rotatable bonds is 3. The van der Waals surface area contributed by atoms with Crippen molar-refractivity contribution in [2.24, 2.45) is 0 Å². The van der Waals surface area contributed by atoms with Gasteiger partial charge in [0.15, 0.2) is 0 Å². The van der Waals surface area contributed by atoms with Gasteiger partial charge in [0.2, 0.25) is 0 Å². The summed E-state index contributed by atoms with van der Waals surface area (Å²) in [5.41, 5.74) is 1.63. The van der Waals surface area contributed by atoms with Crippen LogP contribution in [0.3, 0.4) is 0 Å². The Morgan fingerprint density at radius 3 is 2.89 bits per heavy atom. The predicted octanol–water partition coefficient (Wildman–Crippen LogP) is 1.19. The maximum absolute atomic E-state index is 11.9. The van der Waals surface area contributed by atoms with E-state index < -0.39 is 0 Å². The van der Waals surface area contributed by atoms with Crippen LogP contribution in [0.4, 0.5) is 0 Å². The quantitative estimate of drug-likeness (QED) is 0.773. The van der Waals surface area contributed by atoms with E-state index in [9.17, 15) is 4.79 Å². The van der Waals surface area contributed by atoms with Crippen LogP contribution in [0.1, 0.15) is 47.8 Å². The number of carbonyl (C=O) groups is 1. The molecule has 2 fully saturated rings. The molecule has 0 bridgehead atoms. The van der Waals surface area contributed by atoms with Crippen molar-refractivity contribution < 1.29 is 4.79 Å². The van der Waals surface area contributed by atoms with Crippen LogP contribution < -0.4 is 10.6 Å². The van der Waals surface area contributed by atoms with Gasteiger partial charge in [-0.2, -0.15) is 5.10 Å². The Bertz CT molecular complexity index is 410. The highest BCUT2D eigenvalue weighted by Crippen LogP contribution is 2.38. The molecule has 1 aliphatic heterocycles. The molecule has 100 valence electrons. The van der Waals surface area contributed by atoms with Crippen LogP contribution in [-0.2, 0) is 0 Å². The Hall–Kier alpha value is -1.07. The molecule has 3 rings (SSSR count). The molecule has 1 aromatic rings. The maximum atomic E-state index is 11.9. The molecular formula is C12H19ClN4O. The summed E-state index contributed by atoms with van der Waals surface area (Å²) in [6, 6.07) is 2.14. The molecule has 6 heteroatoms. The van der Waals surface area contributed by atoms with Gasteiger partial charge in [0.05, 0.1) is 0 Å². The third-order valence-electron chi connectivity index (χ3n) is 3.48. The molecule has 18 heavy (non-hydrogen) atoms. The van der Waals surface area contributed by atoms with Gasteiger partial charge in [-0.1, -0.05) is 0 Å². The highest BCUT2D eigenvalue weighted by Gasteiger charge is 2.27. The third kappa shape index (κ3) is 3.03. The maximum Gasteiger partial charge on any atom is 0.272 e. The van der Waals surface area contributed by atoms with Crippen LogP contribution in [0.25, 0.3) is 0 Å². The van der Waals surface area contributed by atoms with E-state index in [1.807, 2.05) is 6.07 Å². The minimum absolute atomic E-state index is 0. The van der Waals surface area contributed by atoms with Gasteiger partial charge >= 0.3 is 0 Å². The number of carbonyl (C=O) groups excluding carboxylic acids is 1. The van der Waals surface area contributed by atoms with Crippen LogP contribution in [0.15, 0.2) is 6.07 Å². The first-order valence-electron chi connectivity index (χ1n) is 6.40. The van der Waals surface area contributed by atoms with Crippen molar-refractivity contribution in [2.45, 2.75) is 37.6 Å². The fraction of sp³-hybridized carbons (Fsp3) is 0.667. The highest BCUT2D eigenvalue weighted by molar-refractivity contribution is 5.92. The number of H-pyrrole nitrogens is 1. The number of aromatic nitrogens is 2. The van der Waals surface area contributed by atoms with Crippen molar-refractivity contribution in [2.75, 3.05) is 13.1 Å². The van der Waals surface area contributed by atoms with E-state index >= 15 is 0 Å². The first-order valence-corrected chi connectivity index (χ1v) is 6.40. The molecule has 1 unspecified atom stereocenters. The van der Waals surface area contributed by atoms with E-state index in [4.69, 9.17) is 0 Å². The van der Waals surface area contributed by atoms with Gasteiger partial charge in [-0.05, 0) is 38.3 Å². The lowest BCUT2D eigenvalue weighted by Gasteiger charge is -2.23. The smallest absolute Gasteiger partial charge is 0.272 e. The standard InChI is InChI=1S/C12H18N4O.ClH/c17-12(14-9-2-1-5-13-7-9)11-6-10(15-16-11)8-3-4-8;/h6,8-9,13H,1-5,7H2,(H,14,17)(H,15,16);1H. The molecule has 2 heterocycles. The minimum atomic E-state index is -0.0538. The second-order valence-electron chi connectivity index (χ2n) is 5.00. The fourth-order valence-electron chi connectivity index (χ4n) is 2.29. The second-order valence-corrected chi connectivity index (χ2v) is 5.00. The highest BCUT2D eigenvalue weighted by atomic mass is 35.5. The molecule has 1 aromatic heterocycles. The molecule has 0 spiro atoms. The number of hydrogen-bond donors (Lipinski definition) is 3. The molecule has 1 amide bonds. The topological polar surface area (TPSA) is 69.8 Å². The normalized spacial score (nSPS) is 23.2. The number of amides is 1. The summed E-state index contributed by atoms with van der Waals surface area (Å²) in [6.45, 7) is 1.92. The molecule has 0 aromatic carbocycles. The van der Waals surface area contributed by atoms with E-state index in [-0.39, 0.29) is 24.4 Å². The lowest BCUT2D eigenvalue weighted by Crippen LogP contribution is -2.45. The summed E-state index contributed by atoms with van der Waals surface area (Å²) < 4.78 is 0. The van der Waals surface area contributed by atoms with E-state index in [0.29, 0.717) is 11.6 Å². The summed E-state index contributed by atoms with van der Waals surface area (Å²) in [6.07, 6.45) is 4.61. The lowest BCUT2D eigenvalue weighted by molar-refractivity contribution is 0.0925. The van der Waals surface area contributed by atoms with E-state index in [1.165, 1.54) is 12.8 Å². The third-order valence-corrected chi connectivity index (χ3v) is 3.48. The van der Waals surface area contributed by atoms with Crippen LogP contribution in [0, 0.1) is 0 Å². The van der Waals surface area contributed by atoms with Crippen LogP contribution >= 0.6 is 12.4 Å². The van der Waals surface area contributed by atoms with Crippen LogP contribution in [-0.4, -0.2) is 35.2 Å². The van der Waals surface area contributed by atoms with Crippen LogP contribution in [0.5, 0.6) is 0 Å². The molecule has 1 saturated carbocycles. The number of nitrogens with zero attached hydrogens (tertiary/aromatic N) is 1. The number of nitrogens with one attached hydrogen (secondary N) is 3. The summed E-state index contributed by atoms with van der Waals surface area (Å²) >= 11 is 0. The zero-order valence-electron chi connectivity index (χ0n) is 10.2. The van der Waals surface area contributed by atoms with Gasteiger partial charge in [0.25, 0.3) is 5.91 Å². The molecule has 0 radical (unpaired) electrons. The SMILES string of the molecule is Cl.O=C(NC1CCCNC1)c1cc(C2CC2)[nH]n1. The number of aromatic amines is 1. The Balaban J connectivity index is 0.00000120. The predicted molar refractivity (Wildman–Crippen MR) is 71.2 cm³/mol. The van der Waals surface area contributed by atoms with Gasteiger partial charge in [-0.15, -0.1) is 12.4 Å². The van der Waals surface area contributed by atoms with Gasteiger partial charge in [0, 0.05) is 24.2 Å². The summed E-state index contributed by atoms with van der Waals surface area (Å²) in [5.74, 6) is 0.558. The first kappa shape index (κ1) is 13.4. The molecule has 2 aliphatic rings. The second kappa shape index (κ2) is 5.71. The Labute approximate surface area is 113 Å². The van der Waals surface area contributed by atoms with Crippen molar-refractivity contribution >= 4 is 18.3 Å². The lowest BCUT2D eigenvalue weighted by atomic mass is 10.1. The first-order chi connectivity index (χ1) is 8.33. The van der Waals surface area contributed by atoms with Crippen molar-refractivity contribution in [3.05, 3.63) is 17.5 Å². The van der Waals surface area contributed by atoms with Crippen molar-refractivity contribution in [1.29, 1.82) is 0 Å². The molecule has 1 aliphatic carbocycles. The van der Waals surface area contributed by atoms with Gasteiger partial charge in [-0.25, -0.2) is 0 Å². The van der Waals surface area contributed by atoms with Crippen molar-refractivity contribution in [3.8, 4) is 0 Å². The van der Waals surface area contributed by atoms with E-state index in [1.54, 1.807) is 0 Å². The number of hydrogen-bond acceptors (Lipinski definition) is 3. The minimum Gasteiger partial charge on any atom is -0.347 e. The monoisotopic (exact) mass is 270 g/mol. The van der Waals surface area contributed by atoms with Crippen molar-refractivity contribution in [3.63, 3.8) is 0 Å². The summed E-state index contributed by atoms with van der Waals surface area (Å²) in [4.78, 5) is 11.9. The fourth-order valence-corrected chi connectivity index (χ4v) is 2.29. The van der Waals surface area contributed by atoms with Crippen molar-refractivity contribution in [1.82, 2.24) is 20.8 Å². The number of piperidine rings is 1. The van der Waals surface area contributed by atoms with E-state index in [0.717, 1.165) is 31.6 Å². The summed E-state index contributed by atoms with van der Waals surface area (Å²) in [5, 5.41) is 13.4. The Morgan fingerprint density at radius 2 is 2.22 bits per heavy atom. The largest absolute Gasteiger partial charge is 0.347 e. The average molecular weight is 271 g/mol. The van der Waals surface area contributed by atoms with Gasteiger partial charge < -0.3 is 10.6 Å². The van der Waals surface area contributed by atoms with Gasteiger partial charge in [-0.3, -0.25) is 9.89 Å². The molecule has 3 N–H and O–H groups in total. The zero-order valence-corrected chi connectivity index (χ0v) is 11.1. The Kier molecular flexibility index (Phi) is 4.24. The Morgan fingerprint density at radius 1 is 1.39 bits per heavy atom. The summed E-state index contributed by atoms with van der Waals surface area (Å²) in [7, 11) is 0. The molecule has 1 saturated heterocycles. The number of halogens is 1. The molecular weight excluding hydrogens is 252 g/mol. The molecule has 5 nitrogen and oxygen atoms in total. The van der Waals surface area contributed by atoms with Crippen LogP contribution in [0.2, 0.25) is 0 Å². The molecule has 1 atom stereocenters. The van der Waals surface area contributed by atoms with Gasteiger partial charge in [0.1, 0.15) is 5.69 Å². The zero-order chi connectivity index (χ0) is 11.7. The van der Waals surface area contributed by atoms with E-state index in [2.05, 4.69) is 20.8 Å². The average Bonchev–Trinajstić information content (AvgIpc) is 3.08.